The number of H-pyrrole nitrogens is 1. The van der Waals surface area contributed by atoms with Crippen LogP contribution in [-0.2, 0) is 0 Å². The van der Waals surface area contributed by atoms with Crippen LogP contribution in [0.15, 0.2) is 18.5 Å². The number of aromatic nitrogens is 3. The van der Waals surface area contributed by atoms with Crippen molar-refractivity contribution in [1.82, 2.24) is 19.9 Å². The molecule has 3 aromatic rings. The van der Waals surface area contributed by atoms with Gasteiger partial charge in [-0.2, -0.15) is 0 Å². The molecule has 3 N–H and O–H groups in total. The van der Waals surface area contributed by atoms with E-state index in [1.54, 1.807) is 0 Å². The van der Waals surface area contributed by atoms with Gasteiger partial charge in [-0.25, -0.2) is 9.97 Å². The normalized spacial score (nSPS) is 16.2. The van der Waals surface area contributed by atoms with Gasteiger partial charge in [-0.15, -0.1) is 0 Å². The number of pyridine rings is 2. The minimum Gasteiger partial charge on any atom is -0.382 e. The summed E-state index contributed by atoms with van der Waals surface area (Å²) in [6.07, 6.45) is 6.05. The highest BCUT2D eigenvalue weighted by molar-refractivity contribution is 6.14. The quantitative estimate of drug-likeness (QED) is 0.753. The van der Waals surface area contributed by atoms with Crippen molar-refractivity contribution in [3.63, 3.8) is 0 Å². The highest BCUT2D eigenvalue weighted by Crippen LogP contribution is 2.37. The smallest absolute Gasteiger partial charge is 0.147 e. The van der Waals surface area contributed by atoms with Crippen molar-refractivity contribution >= 4 is 33.4 Å². The van der Waals surface area contributed by atoms with Crippen molar-refractivity contribution in [2.45, 2.75) is 39.7 Å². The summed E-state index contributed by atoms with van der Waals surface area (Å²) in [4.78, 5) is 17.4. The zero-order chi connectivity index (χ0) is 18.3. The van der Waals surface area contributed by atoms with Crippen LogP contribution in [0.1, 0.15) is 32.3 Å². The first-order valence-electron chi connectivity index (χ1n) is 9.63. The molecule has 0 aliphatic carbocycles. The summed E-state index contributed by atoms with van der Waals surface area (Å²) < 4.78 is 0. The van der Waals surface area contributed by atoms with Gasteiger partial charge in [0.05, 0.1) is 17.4 Å². The third-order valence-electron chi connectivity index (χ3n) is 5.74. The van der Waals surface area contributed by atoms with E-state index in [-0.39, 0.29) is 0 Å². The molecule has 1 saturated heterocycles. The van der Waals surface area contributed by atoms with E-state index < -0.39 is 0 Å². The molecule has 0 aromatic carbocycles. The largest absolute Gasteiger partial charge is 0.382 e. The average molecular weight is 352 g/mol. The number of hydrogen-bond donors (Lipinski definition) is 2. The van der Waals surface area contributed by atoms with Crippen LogP contribution in [0.5, 0.6) is 0 Å². The summed E-state index contributed by atoms with van der Waals surface area (Å²) in [6, 6.07) is 2.86. The lowest BCUT2D eigenvalue weighted by atomic mass is 10.0. The summed E-state index contributed by atoms with van der Waals surface area (Å²) in [6.45, 7) is 10.8. The van der Waals surface area contributed by atoms with Crippen LogP contribution in [0.2, 0.25) is 0 Å². The van der Waals surface area contributed by atoms with Gasteiger partial charge in [-0.1, -0.05) is 13.8 Å². The van der Waals surface area contributed by atoms with Gasteiger partial charge >= 0.3 is 0 Å². The first-order chi connectivity index (χ1) is 12.6. The second kappa shape index (κ2) is 6.76. The zero-order valence-electron chi connectivity index (χ0n) is 15.9. The van der Waals surface area contributed by atoms with Gasteiger partial charge in [-0.05, 0) is 44.5 Å². The standard InChI is InChI=1S/C20H28N6/c1-4-25(5-2)14-6-8-26(9-7-14)18-17-15-10-13(3)11-23-20(15)24-16(17)12-22-19(18)21/h10-12,14H,4-9H2,1-3H3,(H2,21,22)(H,23,24). The maximum absolute atomic E-state index is 6.36. The zero-order valence-corrected chi connectivity index (χ0v) is 15.9. The monoisotopic (exact) mass is 352 g/mol. The van der Waals surface area contributed by atoms with E-state index in [4.69, 9.17) is 5.73 Å². The van der Waals surface area contributed by atoms with Gasteiger partial charge in [0.2, 0.25) is 0 Å². The third kappa shape index (κ3) is 2.78. The van der Waals surface area contributed by atoms with Gasteiger partial charge in [0.1, 0.15) is 11.5 Å². The molecule has 4 heterocycles. The minimum atomic E-state index is 0.612. The molecule has 26 heavy (non-hydrogen) atoms. The topological polar surface area (TPSA) is 74.1 Å². The third-order valence-corrected chi connectivity index (χ3v) is 5.74. The van der Waals surface area contributed by atoms with Crippen LogP contribution in [0.25, 0.3) is 21.9 Å². The van der Waals surface area contributed by atoms with E-state index in [9.17, 15) is 0 Å². The molecule has 0 saturated carbocycles. The molecular weight excluding hydrogens is 324 g/mol. The summed E-state index contributed by atoms with van der Waals surface area (Å²) >= 11 is 0. The minimum absolute atomic E-state index is 0.612. The predicted molar refractivity (Wildman–Crippen MR) is 109 cm³/mol. The molecule has 0 radical (unpaired) electrons. The van der Waals surface area contributed by atoms with Gasteiger partial charge in [0.15, 0.2) is 0 Å². The first-order valence-corrected chi connectivity index (χ1v) is 9.63. The van der Waals surface area contributed by atoms with Gasteiger partial charge in [0.25, 0.3) is 0 Å². The maximum Gasteiger partial charge on any atom is 0.147 e. The van der Waals surface area contributed by atoms with Gasteiger partial charge < -0.3 is 20.5 Å². The van der Waals surface area contributed by atoms with E-state index in [2.05, 4.69) is 51.6 Å². The number of piperidine rings is 1. The van der Waals surface area contributed by atoms with Gasteiger partial charge in [-0.3, -0.25) is 0 Å². The second-order valence-corrected chi connectivity index (χ2v) is 7.25. The molecule has 0 spiro atoms. The molecule has 0 bridgehead atoms. The Morgan fingerprint density at radius 2 is 1.92 bits per heavy atom. The molecule has 0 atom stereocenters. The summed E-state index contributed by atoms with van der Waals surface area (Å²) in [5, 5.41) is 2.29. The highest BCUT2D eigenvalue weighted by atomic mass is 15.2. The number of anilines is 2. The van der Waals surface area contributed by atoms with Crippen molar-refractivity contribution in [1.29, 1.82) is 0 Å². The Kier molecular flexibility index (Phi) is 4.44. The number of fused-ring (bicyclic) bond motifs is 3. The van der Waals surface area contributed by atoms with Crippen molar-refractivity contribution in [3.05, 3.63) is 24.0 Å². The van der Waals surface area contributed by atoms with E-state index in [0.717, 1.165) is 72.2 Å². The van der Waals surface area contributed by atoms with Crippen molar-refractivity contribution < 1.29 is 0 Å². The van der Waals surface area contributed by atoms with Crippen LogP contribution < -0.4 is 10.6 Å². The molecule has 3 aromatic heterocycles. The fourth-order valence-corrected chi connectivity index (χ4v) is 4.38. The summed E-state index contributed by atoms with van der Waals surface area (Å²) in [5.74, 6) is 0.612. The Morgan fingerprint density at radius 1 is 1.19 bits per heavy atom. The van der Waals surface area contributed by atoms with E-state index in [1.165, 1.54) is 0 Å². The van der Waals surface area contributed by atoms with Crippen LogP contribution >= 0.6 is 0 Å². The Balaban J connectivity index is 1.74. The number of nitrogens with two attached hydrogens (primary N) is 1. The first kappa shape index (κ1) is 17.1. The average Bonchev–Trinajstić information content (AvgIpc) is 3.01. The number of aryl methyl sites for hydroxylation is 1. The summed E-state index contributed by atoms with van der Waals surface area (Å²) in [7, 11) is 0. The molecular formula is C20H28N6. The lowest BCUT2D eigenvalue weighted by Crippen LogP contribution is -2.45. The molecule has 1 fully saturated rings. The molecule has 138 valence electrons. The molecule has 0 unspecified atom stereocenters. The molecule has 0 amide bonds. The number of nitrogens with zero attached hydrogens (tertiary/aromatic N) is 4. The van der Waals surface area contributed by atoms with Crippen molar-refractivity contribution in [2.75, 3.05) is 36.8 Å². The second-order valence-electron chi connectivity index (χ2n) is 7.25. The van der Waals surface area contributed by atoms with Crippen LogP contribution in [0.3, 0.4) is 0 Å². The number of aromatic amines is 1. The maximum atomic E-state index is 6.36. The van der Waals surface area contributed by atoms with Crippen molar-refractivity contribution in [2.24, 2.45) is 0 Å². The fraction of sp³-hybridized carbons (Fsp3) is 0.500. The number of nitrogens with one attached hydrogen (secondary N) is 1. The molecule has 1 aliphatic rings. The lowest BCUT2D eigenvalue weighted by Gasteiger charge is -2.39. The van der Waals surface area contributed by atoms with Crippen LogP contribution in [0.4, 0.5) is 11.5 Å². The summed E-state index contributed by atoms with van der Waals surface area (Å²) in [5.41, 5.74) is 10.5. The molecule has 6 heteroatoms. The number of hydrogen-bond acceptors (Lipinski definition) is 5. The molecule has 6 nitrogen and oxygen atoms in total. The van der Waals surface area contributed by atoms with E-state index in [0.29, 0.717) is 11.9 Å². The Morgan fingerprint density at radius 3 is 2.62 bits per heavy atom. The van der Waals surface area contributed by atoms with E-state index >= 15 is 0 Å². The molecule has 4 rings (SSSR count). The van der Waals surface area contributed by atoms with Crippen molar-refractivity contribution in [3.8, 4) is 0 Å². The SMILES string of the molecule is CCN(CC)C1CCN(c2c(N)ncc3[nH]c4ncc(C)cc4c23)CC1. The van der Waals surface area contributed by atoms with E-state index in [1.807, 2.05) is 12.4 Å². The van der Waals surface area contributed by atoms with Gasteiger partial charge in [0, 0.05) is 36.1 Å². The van der Waals surface area contributed by atoms with Crippen LogP contribution in [-0.4, -0.2) is 52.1 Å². The number of rotatable bonds is 4. The number of nitrogen functional groups attached to an aromatic ring is 1. The molecule has 1 aliphatic heterocycles. The Labute approximate surface area is 154 Å². The Bertz CT molecular complexity index is 919. The predicted octanol–water partition coefficient (Wildman–Crippen LogP) is 3.31. The van der Waals surface area contributed by atoms with Crippen LogP contribution in [0, 0.1) is 6.92 Å². The lowest BCUT2D eigenvalue weighted by molar-refractivity contribution is 0.186. The fourth-order valence-electron chi connectivity index (χ4n) is 4.38. The highest BCUT2D eigenvalue weighted by Gasteiger charge is 2.26. The Hall–Kier alpha value is -2.34.